The zero-order valence-electron chi connectivity index (χ0n) is 8.91. The second-order valence-corrected chi connectivity index (χ2v) is 3.46. The smallest absolute Gasteiger partial charge is 0.192 e. The highest BCUT2D eigenvalue weighted by molar-refractivity contribution is 4.78. The lowest BCUT2D eigenvalue weighted by Gasteiger charge is -2.30. The van der Waals surface area contributed by atoms with E-state index in [9.17, 15) is 0 Å². The molecule has 1 fully saturated rings. The van der Waals surface area contributed by atoms with Gasteiger partial charge < -0.3 is 25.3 Å². The van der Waals surface area contributed by atoms with Gasteiger partial charge in [0.05, 0.1) is 13.2 Å². The Labute approximate surface area is 84.9 Å². The molecule has 1 saturated heterocycles. The second kappa shape index (κ2) is 5.63. The van der Waals surface area contributed by atoms with E-state index in [2.05, 4.69) is 5.32 Å². The molecule has 0 spiro atoms. The molecule has 0 amide bonds. The summed E-state index contributed by atoms with van der Waals surface area (Å²) >= 11 is 0. The predicted molar refractivity (Wildman–Crippen MR) is 53.0 cm³/mol. The van der Waals surface area contributed by atoms with Gasteiger partial charge in [0.25, 0.3) is 0 Å². The normalized spacial score (nSPS) is 22.9. The molecule has 0 saturated carbocycles. The van der Waals surface area contributed by atoms with Gasteiger partial charge in [0.1, 0.15) is 0 Å². The first-order valence-electron chi connectivity index (χ1n) is 4.88. The first kappa shape index (κ1) is 11.9. The van der Waals surface area contributed by atoms with Crippen molar-refractivity contribution in [2.45, 2.75) is 18.2 Å². The summed E-state index contributed by atoms with van der Waals surface area (Å²) in [7, 11) is 3.20. The van der Waals surface area contributed by atoms with Crippen LogP contribution in [0.2, 0.25) is 0 Å². The fourth-order valence-electron chi connectivity index (χ4n) is 1.46. The quantitative estimate of drug-likeness (QED) is 0.561. The number of ether oxygens (including phenoxy) is 3. The Bertz CT molecular complexity index is 148. The lowest BCUT2D eigenvalue weighted by atomic mass is 10.2. The summed E-state index contributed by atoms with van der Waals surface area (Å²) in [5.41, 5.74) is 5.59. The SMILES string of the molecule is COC(CN)(CNC1CCOC1)OC. The van der Waals surface area contributed by atoms with Gasteiger partial charge in [-0.25, -0.2) is 0 Å². The molecule has 0 aromatic rings. The Morgan fingerprint density at radius 2 is 2.21 bits per heavy atom. The summed E-state index contributed by atoms with van der Waals surface area (Å²) in [4.78, 5) is 0. The molecule has 1 aliphatic rings. The molecular formula is C9H20N2O3. The van der Waals surface area contributed by atoms with Crippen LogP contribution in [0, 0.1) is 0 Å². The lowest BCUT2D eigenvalue weighted by Crippen LogP contribution is -2.52. The van der Waals surface area contributed by atoms with Gasteiger partial charge in [0, 0.05) is 33.4 Å². The maximum absolute atomic E-state index is 5.59. The molecule has 84 valence electrons. The van der Waals surface area contributed by atoms with Crippen LogP contribution in [0.5, 0.6) is 0 Å². The molecule has 14 heavy (non-hydrogen) atoms. The standard InChI is InChI=1S/C9H20N2O3/c1-12-9(6-10,13-2)7-11-8-3-4-14-5-8/h8,11H,3-7,10H2,1-2H3. The third kappa shape index (κ3) is 2.90. The Kier molecular flexibility index (Phi) is 4.77. The van der Waals surface area contributed by atoms with E-state index in [-0.39, 0.29) is 0 Å². The van der Waals surface area contributed by atoms with Crippen molar-refractivity contribution in [1.82, 2.24) is 5.32 Å². The van der Waals surface area contributed by atoms with E-state index >= 15 is 0 Å². The van der Waals surface area contributed by atoms with Crippen molar-refractivity contribution in [1.29, 1.82) is 0 Å². The van der Waals surface area contributed by atoms with Gasteiger partial charge in [-0.15, -0.1) is 0 Å². The van der Waals surface area contributed by atoms with Crippen LogP contribution >= 0.6 is 0 Å². The van der Waals surface area contributed by atoms with Crippen molar-refractivity contribution in [2.75, 3.05) is 40.5 Å². The summed E-state index contributed by atoms with van der Waals surface area (Å²) in [5, 5.41) is 3.32. The average molecular weight is 204 g/mol. The zero-order chi connectivity index (χ0) is 10.4. The topological polar surface area (TPSA) is 65.7 Å². The van der Waals surface area contributed by atoms with Crippen LogP contribution in [0.1, 0.15) is 6.42 Å². The van der Waals surface area contributed by atoms with Gasteiger partial charge in [-0.1, -0.05) is 0 Å². The summed E-state index contributed by atoms with van der Waals surface area (Å²) in [6.45, 7) is 2.51. The Hall–Kier alpha value is -0.200. The number of nitrogens with two attached hydrogens (primary N) is 1. The van der Waals surface area contributed by atoms with E-state index in [0.29, 0.717) is 19.1 Å². The fourth-order valence-corrected chi connectivity index (χ4v) is 1.46. The molecule has 1 atom stereocenters. The van der Waals surface area contributed by atoms with E-state index in [1.807, 2.05) is 0 Å². The van der Waals surface area contributed by atoms with Crippen molar-refractivity contribution in [3.63, 3.8) is 0 Å². The van der Waals surface area contributed by atoms with Gasteiger partial charge in [0.15, 0.2) is 5.79 Å². The highest BCUT2D eigenvalue weighted by atomic mass is 16.7. The molecule has 1 rings (SSSR count). The molecule has 1 aliphatic heterocycles. The van der Waals surface area contributed by atoms with Gasteiger partial charge >= 0.3 is 0 Å². The highest BCUT2D eigenvalue weighted by Crippen LogP contribution is 2.10. The Morgan fingerprint density at radius 1 is 1.50 bits per heavy atom. The van der Waals surface area contributed by atoms with Crippen LogP contribution in [0.15, 0.2) is 0 Å². The maximum atomic E-state index is 5.59. The highest BCUT2D eigenvalue weighted by Gasteiger charge is 2.29. The van der Waals surface area contributed by atoms with Crippen LogP contribution in [0.3, 0.4) is 0 Å². The van der Waals surface area contributed by atoms with E-state index in [4.69, 9.17) is 19.9 Å². The van der Waals surface area contributed by atoms with E-state index in [1.165, 1.54) is 0 Å². The Morgan fingerprint density at radius 3 is 2.64 bits per heavy atom. The number of hydrogen-bond acceptors (Lipinski definition) is 5. The van der Waals surface area contributed by atoms with Gasteiger partial charge in [0.2, 0.25) is 0 Å². The number of nitrogens with one attached hydrogen (secondary N) is 1. The molecule has 0 aromatic carbocycles. The molecule has 0 bridgehead atoms. The number of methoxy groups -OCH3 is 2. The first-order chi connectivity index (χ1) is 6.76. The van der Waals surface area contributed by atoms with Gasteiger partial charge in [-0.2, -0.15) is 0 Å². The summed E-state index contributed by atoms with van der Waals surface area (Å²) in [6, 6.07) is 0.395. The molecule has 1 unspecified atom stereocenters. The van der Waals surface area contributed by atoms with Crippen LogP contribution in [-0.2, 0) is 14.2 Å². The molecule has 5 nitrogen and oxygen atoms in total. The fraction of sp³-hybridized carbons (Fsp3) is 1.00. The average Bonchev–Trinajstić information content (AvgIpc) is 2.74. The molecule has 0 aromatic heterocycles. The van der Waals surface area contributed by atoms with E-state index in [0.717, 1.165) is 19.6 Å². The molecule has 0 aliphatic carbocycles. The van der Waals surface area contributed by atoms with Crippen molar-refractivity contribution in [3.05, 3.63) is 0 Å². The lowest BCUT2D eigenvalue weighted by molar-refractivity contribution is -0.196. The molecule has 1 heterocycles. The Balaban J connectivity index is 2.31. The van der Waals surface area contributed by atoms with E-state index < -0.39 is 5.79 Å². The van der Waals surface area contributed by atoms with Crippen LogP contribution in [0.4, 0.5) is 0 Å². The summed E-state index contributed by atoms with van der Waals surface area (Å²) in [5.74, 6) is -0.706. The van der Waals surface area contributed by atoms with Crippen molar-refractivity contribution < 1.29 is 14.2 Å². The number of hydrogen-bond donors (Lipinski definition) is 2. The van der Waals surface area contributed by atoms with Crippen molar-refractivity contribution in [3.8, 4) is 0 Å². The van der Waals surface area contributed by atoms with E-state index in [1.54, 1.807) is 14.2 Å². The maximum Gasteiger partial charge on any atom is 0.192 e. The summed E-state index contributed by atoms with van der Waals surface area (Å²) < 4.78 is 15.7. The largest absolute Gasteiger partial charge is 0.380 e. The molecular weight excluding hydrogens is 184 g/mol. The third-order valence-corrected chi connectivity index (χ3v) is 2.64. The van der Waals surface area contributed by atoms with Crippen molar-refractivity contribution >= 4 is 0 Å². The minimum absolute atomic E-state index is 0.334. The monoisotopic (exact) mass is 204 g/mol. The number of rotatable bonds is 6. The minimum atomic E-state index is -0.706. The first-order valence-corrected chi connectivity index (χ1v) is 4.88. The van der Waals surface area contributed by atoms with Crippen LogP contribution in [0.25, 0.3) is 0 Å². The van der Waals surface area contributed by atoms with Crippen LogP contribution < -0.4 is 11.1 Å². The molecule has 0 radical (unpaired) electrons. The summed E-state index contributed by atoms with van der Waals surface area (Å²) in [6.07, 6.45) is 1.04. The van der Waals surface area contributed by atoms with Crippen molar-refractivity contribution in [2.24, 2.45) is 5.73 Å². The predicted octanol–water partition coefficient (Wildman–Crippen LogP) is -0.687. The molecule has 5 heteroatoms. The third-order valence-electron chi connectivity index (χ3n) is 2.64. The minimum Gasteiger partial charge on any atom is -0.380 e. The van der Waals surface area contributed by atoms with Crippen LogP contribution in [-0.4, -0.2) is 52.4 Å². The van der Waals surface area contributed by atoms with Gasteiger partial charge in [-0.05, 0) is 6.42 Å². The second-order valence-electron chi connectivity index (χ2n) is 3.46. The zero-order valence-corrected chi connectivity index (χ0v) is 8.91. The molecule has 3 N–H and O–H groups in total. The van der Waals surface area contributed by atoms with Gasteiger partial charge in [-0.3, -0.25) is 0 Å².